The minimum Gasteiger partial charge on any atom is -0.490 e. The zero-order valence-corrected chi connectivity index (χ0v) is 19.3. The molecule has 6 rings (SSSR count). The molecule has 164 valence electrons. The molecular formula is C26H27N3O2S. The maximum absolute atomic E-state index is 13.2. The second-order valence-electron chi connectivity index (χ2n) is 9.50. The summed E-state index contributed by atoms with van der Waals surface area (Å²) in [5.41, 5.74) is 2.54. The third kappa shape index (κ3) is 3.64. The number of nitrogens with zero attached hydrogens (tertiary/aromatic N) is 3. The Morgan fingerprint density at radius 2 is 1.91 bits per heavy atom. The fraction of sp³-hybridized carbons (Fsp3) is 0.462. The van der Waals surface area contributed by atoms with E-state index < -0.39 is 0 Å². The average Bonchev–Trinajstić information content (AvgIpc) is 3.47. The Hall–Kier alpha value is -2.62. The molecule has 1 unspecified atom stereocenters. The molecule has 3 fully saturated rings. The molecule has 3 aliphatic rings. The van der Waals surface area contributed by atoms with E-state index in [0.29, 0.717) is 22.7 Å². The van der Waals surface area contributed by atoms with E-state index in [1.165, 1.54) is 37.0 Å². The maximum Gasteiger partial charge on any atom is 0.275 e. The van der Waals surface area contributed by atoms with Gasteiger partial charge in [-0.05, 0) is 82.3 Å². The van der Waals surface area contributed by atoms with Gasteiger partial charge in [0.1, 0.15) is 22.9 Å². The number of thiophene rings is 1. The number of ether oxygens (including phenoxy) is 1. The maximum atomic E-state index is 13.2. The summed E-state index contributed by atoms with van der Waals surface area (Å²) in [5.74, 6) is 7.91. The Balaban J connectivity index is 1.25. The first-order valence-electron chi connectivity index (χ1n) is 11.6. The lowest BCUT2D eigenvalue weighted by Crippen LogP contribution is -2.43. The summed E-state index contributed by atoms with van der Waals surface area (Å²) >= 11 is 1.44. The number of aryl methyl sites for hydroxylation is 1. The van der Waals surface area contributed by atoms with Gasteiger partial charge in [0.25, 0.3) is 5.56 Å². The highest BCUT2D eigenvalue weighted by atomic mass is 32.1. The zero-order chi connectivity index (χ0) is 21.8. The highest BCUT2D eigenvalue weighted by Gasteiger charge is 2.39. The quantitative estimate of drug-likeness (QED) is 0.556. The predicted molar refractivity (Wildman–Crippen MR) is 128 cm³/mol. The van der Waals surface area contributed by atoms with Gasteiger partial charge in [0, 0.05) is 18.0 Å². The van der Waals surface area contributed by atoms with Gasteiger partial charge in [-0.1, -0.05) is 11.8 Å². The van der Waals surface area contributed by atoms with Crippen molar-refractivity contribution in [2.24, 2.45) is 5.92 Å². The van der Waals surface area contributed by atoms with E-state index in [9.17, 15) is 4.79 Å². The van der Waals surface area contributed by atoms with Crippen LogP contribution in [-0.2, 0) is 0 Å². The molecule has 1 saturated carbocycles. The lowest BCUT2D eigenvalue weighted by Gasteiger charge is -2.36. The first kappa shape index (κ1) is 20.0. The third-order valence-corrected chi connectivity index (χ3v) is 8.23. The highest BCUT2D eigenvalue weighted by molar-refractivity contribution is 7.19. The number of aromatic nitrogens is 2. The molecule has 1 aromatic carbocycles. The van der Waals surface area contributed by atoms with Gasteiger partial charge in [-0.15, -0.1) is 11.3 Å². The summed E-state index contributed by atoms with van der Waals surface area (Å²) in [6.07, 6.45) is 9.06. The molecule has 32 heavy (non-hydrogen) atoms. The number of hydrogen-bond donors (Lipinski definition) is 0. The molecule has 2 aromatic heterocycles. The summed E-state index contributed by atoms with van der Waals surface area (Å²) in [6, 6.07) is 9.25. The fourth-order valence-electron chi connectivity index (χ4n) is 5.17. The minimum absolute atomic E-state index is 0.0388. The lowest BCUT2D eigenvalue weighted by atomic mass is 10.0. The molecule has 3 atom stereocenters. The van der Waals surface area contributed by atoms with Gasteiger partial charge in [0.2, 0.25) is 0 Å². The Kier molecular flexibility index (Phi) is 4.85. The van der Waals surface area contributed by atoms with Crippen molar-refractivity contribution in [1.82, 2.24) is 14.5 Å². The molecule has 3 aromatic rings. The molecule has 1 aliphatic carbocycles. The molecule has 0 N–H and O–H groups in total. The third-order valence-electron chi connectivity index (χ3n) is 7.20. The van der Waals surface area contributed by atoms with Gasteiger partial charge >= 0.3 is 0 Å². The fourth-order valence-corrected chi connectivity index (χ4v) is 6.07. The van der Waals surface area contributed by atoms with Crippen molar-refractivity contribution in [2.75, 3.05) is 7.05 Å². The van der Waals surface area contributed by atoms with Crippen LogP contribution in [0.5, 0.6) is 5.75 Å². The molecule has 0 spiro atoms. The van der Waals surface area contributed by atoms with Gasteiger partial charge in [-0.2, -0.15) is 0 Å². The van der Waals surface area contributed by atoms with Crippen LogP contribution >= 0.6 is 11.3 Å². The molecule has 2 bridgehead atoms. The molecular weight excluding hydrogens is 418 g/mol. The lowest BCUT2D eigenvalue weighted by molar-refractivity contribution is 0.0661. The predicted octanol–water partition coefficient (Wildman–Crippen LogP) is 4.52. The van der Waals surface area contributed by atoms with Gasteiger partial charge in [0.05, 0.1) is 16.1 Å². The van der Waals surface area contributed by atoms with Crippen LogP contribution in [0.15, 0.2) is 35.4 Å². The van der Waals surface area contributed by atoms with E-state index >= 15 is 0 Å². The van der Waals surface area contributed by atoms with Crippen molar-refractivity contribution < 1.29 is 4.74 Å². The molecule has 4 heterocycles. The average molecular weight is 446 g/mol. The van der Waals surface area contributed by atoms with Crippen molar-refractivity contribution in [3.8, 4) is 23.3 Å². The summed E-state index contributed by atoms with van der Waals surface area (Å²) in [5, 5.41) is 0. The summed E-state index contributed by atoms with van der Waals surface area (Å²) in [7, 11) is 2.25. The number of hydrogen-bond acceptors (Lipinski definition) is 5. The van der Waals surface area contributed by atoms with Crippen LogP contribution in [0, 0.1) is 24.7 Å². The second kappa shape index (κ2) is 7.75. The molecule has 2 saturated heterocycles. The van der Waals surface area contributed by atoms with E-state index in [4.69, 9.17) is 4.74 Å². The Bertz CT molecular complexity index is 1300. The van der Waals surface area contributed by atoms with E-state index in [2.05, 4.69) is 28.8 Å². The van der Waals surface area contributed by atoms with Gasteiger partial charge < -0.3 is 9.64 Å². The van der Waals surface area contributed by atoms with Gasteiger partial charge in [0.15, 0.2) is 0 Å². The number of rotatable bonds is 3. The molecule has 0 amide bonds. The second-order valence-corrected chi connectivity index (χ2v) is 10.6. The zero-order valence-electron chi connectivity index (χ0n) is 18.5. The van der Waals surface area contributed by atoms with Crippen molar-refractivity contribution >= 4 is 21.6 Å². The van der Waals surface area contributed by atoms with Crippen molar-refractivity contribution in [3.63, 3.8) is 0 Å². The van der Waals surface area contributed by atoms with E-state index in [1.54, 1.807) is 10.9 Å². The summed E-state index contributed by atoms with van der Waals surface area (Å²) in [6.45, 7) is 2.03. The number of piperidine rings is 1. The van der Waals surface area contributed by atoms with Gasteiger partial charge in [-0.25, -0.2) is 4.98 Å². The topological polar surface area (TPSA) is 47.4 Å². The first-order valence-corrected chi connectivity index (χ1v) is 12.4. The minimum atomic E-state index is -0.0388. The summed E-state index contributed by atoms with van der Waals surface area (Å²) < 4.78 is 8.67. The van der Waals surface area contributed by atoms with Crippen LogP contribution in [0.25, 0.3) is 15.9 Å². The van der Waals surface area contributed by atoms with Crippen LogP contribution in [0.1, 0.15) is 49.0 Å². The number of fused-ring (bicyclic) bond motifs is 3. The van der Waals surface area contributed by atoms with Crippen LogP contribution in [0.4, 0.5) is 0 Å². The Morgan fingerprint density at radius 3 is 2.62 bits per heavy atom. The van der Waals surface area contributed by atoms with Gasteiger partial charge in [-0.3, -0.25) is 9.36 Å². The first-order chi connectivity index (χ1) is 15.5. The SMILES string of the molecule is Cc1cc(OC2C[C@H]3CC[C@@H](C2)N3C)ccc1-n1cnc2cc(C#CC3CC3)sc2c1=O. The highest BCUT2D eigenvalue weighted by Crippen LogP contribution is 2.36. The smallest absolute Gasteiger partial charge is 0.275 e. The normalized spacial score (nSPS) is 25.0. The monoisotopic (exact) mass is 445 g/mol. The van der Waals surface area contributed by atoms with Crippen molar-refractivity contribution in [3.05, 3.63) is 51.4 Å². The van der Waals surface area contributed by atoms with Crippen LogP contribution in [0.3, 0.4) is 0 Å². The molecule has 6 heteroatoms. The van der Waals surface area contributed by atoms with Crippen LogP contribution < -0.4 is 10.3 Å². The van der Waals surface area contributed by atoms with E-state index in [-0.39, 0.29) is 11.7 Å². The van der Waals surface area contributed by atoms with E-state index in [0.717, 1.165) is 40.2 Å². The Morgan fingerprint density at radius 1 is 1.12 bits per heavy atom. The molecule has 2 aliphatic heterocycles. The standard InChI is InChI=1S/C26H27N3O2S/c1-16-11-20(31-21-12-18-6-7-19(13-21)28(18)2)8-10-24(16)29-15-27-23-14-22(9-5-17-3-4-17)32-25(23)26(29)30/h8,10-11,14-15,17-19,21H,3-4,6-7,12-13H2,1-2H3/t18-,19+,21?. The molecule has 0 radical (unpaired) electrons. The van der Waals surface area contributed by atoms with E-state index in [1.807, 2.05) is 31.2 Å². The molecule has 5 nitrogen and oxygen atoms in total. The van der Waals surface area contributed by atoms with Crippen molar-refractivity contribution in [1.29, 1.82) is 0 Å². The van der Waals surface area contributed by atoms with Crippen LogP contribution in [0.2, 0.25) is 0 Å². The van der Waals surface area contributed by atoms with Crippen LogP contribution in [-0.4, -0.2) is 39.7 Å². The van der Waals surface area contributed by atoms with Crippen molar-refractivity contribution in [2.45, 2.75) is 63.6 Å². The number of benzene rings is 1. The summed E-state index contributed by atoms with van der Waals surface area (Å²) in [4.78, 5) is 21.2. The Labute approximate surface area is 192 Å². The largest absolute Gasteiger partial charge is 0.490 e.